The van der Waals surface area contributed by atoms with Crippen molar-refractivity contribution < 1.29 is 8.42 Å². The van der Waals surface area contributed by atoms with Gasteiger partial charge in [0.25, 0.3) is 0 Å². The van der Waals surface area contributed by atoms with Gasteiger partial charge in [0.05, 0.1) is 17.3 Å². The summed E-state index contributed by atoms with van der Waals surface area (Å²) in [4.78, 5) is 11.2. The summed E-state index contributed by atoms with van der Waals surface area (Å²) in [5.41, 5.74) is 1.01. The van der Waals surface area contributed by atoms with E-state index in [2.05, 4.69) is 31.7 Å². The van der Waals surface area contributed by atoms with Crippen LogP contribution in [0.1, 0.15) is 24.9 Å². The van der Waals surface area contributed by atoms with Gasteiger partial charge in [-0.2, -0.15) is 0 Å². The van der Waals surface area contributed by atoms with Gasteiger partial charge in [-0.1, -0.05) is 19.1 Å². The van der Waals surface area contributed by atoms with Crippen LogP contribution in [0.2, 0.25) is 0 Å². The Labute approximate surface area is 161 Å². The highest BCUT2D eigenvalue weighted by Crippen LogP contribution is 2.27. The highest BCUT2D eigenvalue weighted by atomic mass is 32.2. The highest BCUT2D eigenvalue weighted by Gasteiger charge is 2.28. The van der Waals surface area contributed by atoms with Crippen molar-refractivity contribution in [3.8, 4) is 0 Å². The van der Waals surface area contributed by atoms with Gasteiger partial charge in [0.2, 0.25) is 0 Å². The maximum absolute atomic E-state index is 11.6. The van der Waals surface area contributed by atoms with E-state index in [0.29, 0.717) is 23.4 Å². The number of hydrogen-bond donors (Lipinski definition) is 1. The van der Waals surface area contributed by atoms with Crippen molar-refractivity contribution in [1.29, 1.82) is 0 Å². The van der Waals surface area contributed by atoms with E-state index in [-0.39, 0.29) is 0 Å². The van der Waals surface area contributed by atoms with Gasteiger partial charge in [0.15, 0.2) is 15.8 Å². The molecule has 8 heteroatoms. The molecular formula is C19H27N5O2S. The van der Waals surface area contributed by atoms with Crippen LogP contribution in [0.3, 0.4) is 0 Å². The molecule has 0 saturated carbocycles. The molecule has 1 aromatic heterocycles. The Kier molecular flexibility index (Phi) is 5.84. The Morgan fingerprint density at radius 1 is 1.33 bits per heavy atom. The number of aromatic nitrogens is 2. The number of piperidine rings is 1. The molecule has 1 aliphatic heterocycles. The van der Waals surface area contributed by atoms with Crippen LogP contribution in [0.4, 0.5) is 0 Å². The van der Waals surface area contributed by atoms with Gasteiger partial charge in [0, 0.05) is 45.3 Å². The highest BCUT2D eigenvalue weighted by molar-refractivity contribution is 7.90. The maximum atomic E-state index is 11.6. The SMILES string of the molecule is CN=C(NCc1ccc(S(C)(=O)=O)cc1)N1CCC(C)C(n2ccnc2)C1. The molecule has 2 atom stereocenters. The predicted molar refractivity (Wildman–Crippen MR) is 106 cm³/mol. The summed E-state index contributed by atoms with van der Waals surface area (Å²) in [5.74, 6) is 1.44. The maximum Gasteiger partial charge on any atom is 0.193 e. The molecule has 1 fully saturated rings. The van der Waals surface area contributed by atoms with Crippen LogP contribution in [0.5, 0.6) is 0 Å². The van der Waals surface area contributed by atoms with E-state index < -0.39 is 9.84 Å². The molecule has 0 bridgehead atoms. The summed E-state index contributed by atoms with van der Waals surface area (Å²) in [7, 11) is -1.37. The minimum Gasteiger partial charge on any atom is -0.352 e. The third-order valence-corrected chi connectivity index (χ3v) is 6.27. The van der Waals surface area contributed by atoms with Crippen LogP contribution in [-0.4, -0.2) is 55.2 Å². The first-order valence-electron chi connectivity index (χ1n) is 9.10. The summed E-state index contributed by atoms with van der Waals surface area (Å²) < 4.78 is 25.3. The van der Waals surface area contributed by atoms with Crippen molar-refractivity contribution in [2.24, 2.45) is 10.9 Å². The molecule has 3 rings (SSSR count). The lowest BCUT2D eigenvalue weighted by molar-refractivity contribution is 0.189. The van der Waals surface area contributed by atoms with E-state index in [9.17, 15) is 8.42 Å². The van der Waals surface area contributed by atoms with Crippen molar-refractivity contribution >= 4 is 15.8 Å². The lowest BCUT2D eigenvalue weighted by atomic mass is 9.93. The van der Waals surface area contributed by atoms with Gasteiger partial charge in [-0.15, -0.1) is 0 Å². The average Bonchev–Trinajstić information content (AvgIpc) is 3.17. The van der Waals surface area contributed by atoms with Crippen molar-refractivity contribution in [1.82, 2.24) is 19.8 Å². The molecule has 146 valence electrons. The van der Waals surface area contributed by atoms with Gasteiger partial charge < -0.3 is 14.8 Å². The third-order valence-electron chi connectivity index (χ3n) is 5.14. The Bertz CT molecular complexity index is 875. The third kappa shape index (κ3) is 4.68. The monoisotopic (exact) mass is 389 g/mol. The zero-order valence-corrected chi connectivity index (χ0v) is 16.9. The smallest absolute Gasteiger partial charge is 0.193 e. The van der Waals surface area contributed by atoms with Gasteiger partial charge in [-0.3, -0.25) is 4.99 Å². The molecule has 0 aliphatic carbocycles. The normalized spacial score (nSPS) is 21.3. The molecule has 2 heterocycles. The molecule has 1 N–H and O–H groups in total. The molecule has 0 radical (unpaired) electrons. The van der Waals surface area contributed by atoms with Crippen LogP contribution in [-0.2, 0) is 16.4 Å². The minimum absolute atomic E-state index is 0.337. The number of nitrogens with zero attached hydrogens (tertiary/aromatic N) is 4. The summed E-state index contributed by atoms with van der Waals surface area (Å²) in [6.07, 6.45) is 8.02. The lowest BCUT2D eigenvalue weighted by Crippen LogP contribution is -2.48. The van der Waals surface area contributed by atoms with Crippen molar-refractivity contribution in [3.05, 3.63) is 48.5 Å². The van der Waals surface area contributed by atoms with Gasteiger partial charge >= 0.3 is 0 Å². The van der Waals surface area contributed by atoms with E-state index in [1.54, 1.807) is 19.2 Å². The first kappa shape index (κ1) is 19.4. The summed E-state index contributed by atoms with van der Waals surface area (Å²) in [5, 5.41) is 3.40. The molecule has 0 spiro atoms. The summed E-state index contributed by atoms with van der Waals surface area (Å²) >= 11 is 0. The number of likely N-dealkylation sites (tertiary alicyclic amines) is 1. The number of hydrogen-bond acceptors (Lipinski definition) is 4. The Morgan fingerprint density at radius 2 is 2.07 bits per heavy atom. The number of guanidine groups is 1. The Hall–Kier alpha value is -2.35. The van der Waals surface area contributed by atoms with Gasteiger partial charge in [-0.05, 0) is 30.0 Å². The van der Waals surface area contributed by atoms with E-state index in [1.807, 2.05) is 30.9 Å². The largest absolute Gasteiger partial charge is 0.352 e. The van der Waals surface area contributed by atoms with Crippen LogP contribution >= 0.6 is 0 Å². The first-order chi connectivity index (χ1) is 12.9. The number of aliphatic imine (C=N–C) groups is 1. The fraction of sp³-hybridized carbons (Fsp3) is 0.474. The van der Waals surface area contributed by atoms with Gasteiger partial charge in [-0.25, -0.2) is 13.4 Å². The second-order valence-electron chi connectivity index (χ2n) is 7.11. The molecule has 2 unspecified atom stereocenters. The molecular weight excluding hydrogens is 362 g/mol. The lowest BCUT2D eigenvalue weighted by Gasteiger charge is -2.39. The van der Waals surface area contributed by atoms with E-state index in [0.717, 1.165) is 31.0 Å². The standard InChI is InChI=1S/C19H27N5O2S/c1-15-8-10-23(13-18(15)24-11-9-21-14-24)19(20-2)22-12-16-4-6-17(7-5-16)27(3,25)26/h4-7,9,11,14-15,18H,8,10,12-13H2,1-3H3,(H,20,22). The molecule has 0 amide bonds. The molecule has 2 aromatic rings. The zero-order chi connectivity index (χ0) is 19.4. The molecule has 1 saturated heterocycles. The van der Waals surface area contributed by atoms with Crippen molar-refractivity contribution in [3.63, 3.8) is 0 Å². The number of nitrogens with one attached hydrogen (secondary N) is 1. The number of imidazole rings is 1. The quantitative estimate of drug-likeness (QED) is 0.639. The second kappa shape index (κ2) is 8.12. The molecule has 1 aromatic carbocycles. The Balaban J connectivity index is 1.63. The zero-order valence-electron chi connectivity index (χ0n) is 16.0. The average molecular weight is 390 g/mol. The molecule has 1 aliphatic rings. The predicted octanol–water partition coefficient (Wildman–Crippen LogP) is 1.95. The summed E-state index contributed by atoms with van der Waals surface area (Å²) in [6, 6.07) is 7.33. The fourth-order valence-corrected chi connectivity index (χ4v) is 4.09. The molecule has 27 heavy (non-hydrogen) atoms. The summed E-state index contributed by atoms with van der Waals surface area (Å²) in [6.45, 7) is 4.71. The van der Waals surface area contributed by atoms with E-state index >= 15 is 0 Å². The van der Waals surface area contributed by atoms with E-state index in [4.69, 9.17) is 0 Å². The second-order valence-corrected chi connectivity index (χ2v) is 9.12. The van der Waals surface area contributed by atoms with Gasteiger partial charge in [0.1, 0.15) is 0 Å². The van der Waals surface area contributed by atoms with Crippen LogP contribution in [0.15, 0.2) is 52.9 Å². The van der Waals surface area contributed by atoms with E-state index in [1.165, 1.54) is 6.26 Å². The number of rotatable bonds is 4. The van der Waals surface area contributed by atoms with Crippen LogP contribution < -0.4 is 5.32 Å². The molecule has 7 nitrogen and oxygen atoms in total. The number of sulfone groups is 1. The number of benzene rings is 1. The minimum atomic E-state index is -3.17. The van der Waals surface area contributed by atoms with Crippen LogP contribution in [0.25, 0.3) is 0 Å². The van der Waals surface area contributed by atoms with Crippen molar-refractivity contribution in [2.45, 2.75) is 30.8 Å². The van der Waals surface area contributed by atoms with Crippen molar-refractivity contribution in [2.75, 3.05) is 26.4 Å². The van der Waals surface area contributed by atoms with Crippen LogP contribution in [0, 0.1) is 5.92 Å². The Morgan fingerprint density at radius 3 is 2.67 bits per heavy atom. The first-order valence-corrected chi connectivity index (χ1v) is 11.0. The fourth-order valence-electron chi connectivity index (χ4n) is 3.46. The topological polar surface area (TPSA) is 79.6 Å².